The van der Waals surface area contributed by atoms with E-state index >= 15 is 0 Å². The van der Waals surface area contributed by atoms with Crippen molar-refractivity contribution in [3.8, 4) is 17.0 Å². The van der Waals surface area contributed by atoms with Gasteiger partial charge in [0.2, 0.25) is 5.88 Å². The zero-order valence-corrected chi connectivity index (χ0v) is 13.0. The molecule has 4 heterocycles. The quantitative estimate of drug-likeness (QED) is 0.864. The number of nitrogens with zero attached hydrogens (tertiary/aromatic N) is 2. The van der Waals surface area contributed by atoms with Crippen LogP contribution in [0.1, 0.15) is 19.8 Å². The molecule has 0 amide bonds. The molecule has 0 spiro atoms. The van der Waals surface area contributed by atoms with Gasteiger partial charge >= 0.3 is 0 Å². The number of pyridine rings is 1. The molecule has 1 aromatic heterocycles. The lowest BCUT2D eigenvalue weighted by Crippen LogP contribution is -2.58. The molecule has 3 fully saturated rings. The molecular weight excluding hydrogens is 272 g/mol. The Morgan fingerprint density at radius 1 is 1.00 bits per heavy atom. The van der Waals surface area contributed by atoms with E-state index in [0.29, 0.717) is 12.0 Å². The SMILES string of the molecule is CC1C(Oc2ccc(-c3ccccc3)cn2)C2CCN1CC2. The van der Waals surface area contributed by atoms with Crippen molar-refractivity contribution in [2.75, 3.05) is 13.1 Å². The maximum absolute atomic E-state index is 6.24. The van der Waals surface area contributed by atoms with E-state index in [1.807, 2.05) is 18.3 Å². The molecule has 2 aromatic rings. The summed E-state index contributed by atoms with van der Waals surface area (Å²) in [5.74, 6) is 1.45. The molecule has 2 atom stereocenters. The molecule has 0 aliphatic carbocycles. The van der Waals surface area contributed by atoms with E-state index in [1.165, 1.54) is 31.5 Å². The van der Waals surface area contributed by atoms with Crippen LogP contribution in [0.4, 0.5) is 0 Å². The van der Waals surface area contributed by atoms with Gasteiger partial charge in [-0.15, -0.1) is 0 Å². The van der Waals surface area contributed by atoms with Crippen molar-refractivity contribution in [3.05, 3.63) is 48.7 Å². The number of hydrogen-bond donors (Lipinski definition) is 0. The van der Waals surface area contributed by atoms with Gasteiger partial charge in [0, 0.05) is 23.9 Å². The lowest BCUT2D eigenvalue weighted by atomic mass is 9.81. The van der Waals surface area contributed by atoms with Crippen LogP contribution in [0.3, 0.4) is 0 Å². The zero-order chi connectivity index (χ0) is 14.9. The van der Waals surface area contributed by atoms with Crippen molar-refractivity contribution < 1.29 is 4.74 Å². The van der Waals surface area contributed by atoms with Crippen LogP contribution in [0.25, 0.3) is 11.1 Å². The van der Waals surface area contributed by atoms with Gasteiger partial charge in [0.15, 0.2) is 0 Å². The first kappa shape index (κ1) is 13.8. The molecule has 5 rings (SSSR count). The van der Waals surface area contributed by atoms with E-state index in [9.17, 15) is 0 Å². The molecule has 3 nitrogen and oxygen atoms in total. The van der Waals surface area contributed by atoms with Crippen LogP contribution in [-0.4, -0.2) is 35.1 Å². The molecule has 3 heteroatoms. The molecule has 3 saturated heterocycles. The third kappa shape index (κ3) is 2.50. The van der Waals surface area contributed by atoms with Crippen LogP contribution >= 0.6 is 0 Å². The first-order valence-electron chi connectivity index (χ1n) is 8.23. The molecule has 2 bridgehead atoms. The second-order valence-electron chi connectivity index (χ2n) is 6.45. The van der Waals surface area contributed by atoms with Crippen molar-refractivity contribution in [1.82, 2.24) is 9.88 Å². The fraction of sp³-hybridized carbons (Fsp3) is 0.421. The van der Waals surface area contributed by atoms with Crippen LogP contribution in [0.15, 0.2) is 48.7 Å². The third-order valence-electron chi connectivity index (χ3n) is 5.19. The fourth-order valence-corrected chi connectivity index (χ4v) is 3.84. The molecular formula is C19H22N2O. The summed E-state index contributed by atoms with van der Waals surface area (Å²) in [6.07, 6.45) is 4.72. The first-order chi connectivity index (χ1) is 10.8. The number of ether oxygens (including phenoxy) is 1. The number of aromatic nitrogens is 1. The van der Waals surface area contributed by atoms with Crippen molar-refractivity contribution in [3.63, 3.8) is 0 Å². The standard InChI is InChI=1S/C19H22N2O/c1-14-19(16-9-11-21(14)12-10-16)22-18-8-7-17(13-20-18)15-5-3-2-4-6-15/h2-8,13-14,16,19H,9-12H2,1H3. The normalized spacial score (nSPS) is 30.2. The Labute approximate surface area is 131 Å². The molecule has 1 aromatic carbocycles. The maximum Gasteiger partial charge on any atom is 0.213 e. The van der Waals surface area contributed by atoms with Crippen LogP contribution in [0.2, 0.25) is 0 Å². The number of rotatable bonds is 3. The summed E-state index contributed by atoms with van der Waals surface area (Å²) < 4.78 is 6.24. The predicted molar refractivity (Wildman–Crippen MR) is 87.8 cm³/mol. The van der Waals surface area contributed by atoms with Crippen molar-refractivity contribution in [2.45, 2.75) is 31.9 Å². The average Bonchev–Trinajstić information content (AvgIpc) is 2.60. The van der Waals surface area contributed by atoms with Gasteiger partial charge in [-0.1, -0.05) is 30.3 Å². The minimum absolute atomic E-state index is 0.289. The maximum atomic E-state index is 6.24. The molecule has 0 radical (unpaired) electrons. The highest BCUT2D eigenvalue weighted by Crippen LogP contribution is 2.34. The highest BCUT2D eigenvalue weighted by atomic mass is 16.5. The lowest BCUT2D eigenvalue weighted by molar-refractivity contribution is -0.0525. The number of fused-ring (bicyclic) bond motifs is 3. The topological polar surface area (TPSA) is 25.4 Å². The molecule has 22 heavy (non-hydrogen) atoms. The Balaban J connectivity index is 1.50. The first-order valence-corrected chi connectivity index (χ1v) is 8.23. The van der Waals surface area contributed by atoms with E-state index in [0.717, 1.165) is 11.4 Å². The average molecular weight is 294 g/mol. The largest absolute Gasteiger partial charge is 0.472 e. The molecule has 0 saturated carbocycles. The van der Waals surface area contributed by atoms with Crippen LogP contribution in [0.5, 0.6) is 5.88 Å². The van der Waals surface area contributed by atoms with Crippen LogP contribution in [0, 0.1) is 5.92 Å². The Kier molecular flexibility index (Phi) is 3.59. The van der Waals surface area contributed by atoms with Gasteiger partial charge in [0.25, 0.3) is 0 Å². The molecule has 2 unspecified atom stereocenters. The highest BCUT2D eigenvalue weighted by molar-refractivity contribution is 5.62. The van der Waals surface area contributed by atoms with Crippen molar-refractivity contribution in [2.24, 2.45) is 5.92 Å². The Hall–Kier alpha value is -1.87. The van der Waals surface area contributed by atoms with E-state index in [-0.39, 0.29) is 6.10 Å². The Bertz CT molecular complexity index is 616. The number of piperidine rings is 3. The second kappa shape index (κ2) is 5.73. The summed E-state index contributed by atoms with van der Waals surface area (Å²) >= 11 is 0. The Morgan fingerprint density at radius 2 is 1.77 bits per heavy atom. The van der Waals surface area contributed by atoms with Gasteiger partial charge in [-0.05, 0) is 50.4 Å². The number of benzene rings is 1. The second-order valence-corrected chi connectivity index (χ2v) is 6.45. The van der Waals surface area contributed by atoms with Gasteiger partial charge in [-0.25, -0.2) is 4.98 Å². The Morgan fingerprint density at radius 3 is 2.41 bits per heavy atom. The highest BCUT2D eigenvalue weighted by Gasteiger charge is 2.41. The third-order valence-corrected chi connectivity index (χ3v) is 5.19. The molecule has 114 valence electrons. The van der Waals surface area contributed by atoms with Gasteiger partial charge in [0.05, 0.1) is 0 Å². The van der Waals surface area contributed by atoms with E-state index in [4.69, 9.17) is 4.74 Å². The lowest BCUT2D eigenvalue weighted by Gasteiger charge is -2.49. The minimum atomic E-state index is 0.289. The monoisotopic (exact) mass is 294 g/mol. The van der Waals surface area contributed by atoms with Crippen molar-refractivity contribution in [1.29, 1.82) is 0 Å². The summed E-state index contributed by atoms with van der Waals surface area (Å²) in [6.45, 7) is 4.74. The van der Waals surface area contributed by atoms with Crippen molar-refractivity contribution >= 4 is 0 Å². The van der Waals surface area contributed by atoms with Gasteiger partial charge in [-0.2, -0.15) is 0 Å². The summed E-state index contributed by atoms with van der Waals surface area (Å²) in [5, 5.41) is 0. The van der Waals surface area contributed by atoms with Crippen LogP contribution in [-0.2, 0) is 0 Å². The van der Waals surface area contributed by atoms with E-state index < -0.39 is 0 Å². The van der Waals surface area contributed by atoms with E-state index in [2.05, 4.69) is 47.1 Å². The number of hydrogen-bond acceptors (Lipinski definition) is 3. The molecule has 3 aliphatic heterocycles. The van der Waals surface area contributed by atoms with Gasteiger partial charge in [0.1, 0.15) is 6.10 Å². The van der Waals surface area contributed by atoms with E-state index in [1.54, 1.807) is 0 Å². The summed E-state index contributed by atoms with van der Waals surface area (Å²) in [5.41, 5.74) is 2.33. The fourth-order valence-electron chi connectivity index (χ4n) is 3.84. The summed E-state index contributed by atoms with van der Waals surface area (Å²) in [6, 6.07) is 15.0. The van der Waals surface area contributed by atoms with Crippen LogP contribution < -0.4 is 4.74 Å². The predicted octanol–water partition coefficient (Wildman–Crippen LogP) is 3.61. The smallest absolute Gasteiger partial charge is 0.213 e. The van der Waals surface area contributed by atoms with Gasteiger partial charge < -0.3 is 4.74 Å². The zero-order valence-electron chi connectivity index (χ0n) is 13.0. The molecule has 0 N–H and O–H groups in total. The minimum Gasteiger partial charge on any atom is -0.472 e. The van der Waals surface area contributed by atoms with Gasteiger partial charge in [-0.3, -0.25) is 4.90 Å². The molecule has 3 aliphatic rings. The summed E-state index contributed by atoms with van der Waals surface area (Å²) in [7, 11) is 0. The summed E-state index contributed by atoms with van der Waals surface area (Å²) in [4.78, 5) is 7.07.